The van der Waals surface area contributed by atoms with Crippen molar-refractivity contribution in [1.82, 2.24) is 19.4 Å². The van der Waals surface area contributed by atoms with Crippen LogP contribution in [0.2, 0.25) is 0 Å². The second-order valence-electron chi connectivity index (χ2n) is 5.26. The van der Waals surface area contributed by atoms with Crippen molar-refractivity contribution >= 4 is 10.0 Å². The van der Waals surface area contributed by atoms with Crippen molar-refractivity contribution < 1.29 is 13.2 Å². The first-order valence-electron chi connectivity index (χ1n) is 6.73. The summed E-state index contributed by atoms with van der Waals surface area (Å²) < 4.78 is 33.7. The van der Waals surface area contributed by atoms with Crippen LogP contribution in [-0.2, 0) is 21.8 Å². The summed E-state index contributed by atoms with van der Waals surface area (Å²) in [4.78, 5) is 2.41. The molecule has 20 heavy (non-hydrogen) atoms. The first kappa shape index (κ1) is 15.4. The van der Waals surface area contributed by atoms with Gasteiger partial charge >= 0.3 is 0 Å². The predicted octanol–water partition coefficient (Wildman–Crippen LogP) is -0.192. The van der Waals surface area contributed by atoms with E-state index in [1.807, 2.05) is 13.8 Å². The minimum atomic E-state index is -3.46. The summed E-state index contributed by atoms with van der Waals surface area (Å²) >= 11 is 0. The zero-order chi connectivity index (χ0) is 14.8. The maximum absolute atomic E-state index is 12.0. The highest BCUT2D eigenvalue weighted by molar-refractivity contribution is 7.89. The Morgan fingerprint density at radius 3 is 2.60 bits per heavy atom. The number of nitrogens with one attached hydrogen (secondary N) is 1. The number of aromatic nitrogens is 2. The van der Waals surface area contributed by atoms with Crippen LogP contribution in [0.5, 0.6) is 0 Å². The fourth-order valence-electron chi connectivity index (χ4n) is 2.43. The first-order valence-corrected chi connectivity index (χ1v) is 8.21. The Morgan fingerprint density at radius 1 is 1.40 bits per heavy atom. The quantitative estimate of drug-likeness (QED) is 0.816. The Morgan fingerprint density at radius 2 is 2.05 bits per heavy atom. The molecule has 0 bridgehead atoms. The molecule has 2 heterocycles. The van der Waals surface area contributed by atoms with Crippen LogP contribution in [-0.4, -0.2) is 61.5 Å². The van der Waals surface area contributed by atoms with Gasteiger partial charge in [-0.3, -0.25) is 9.58 Å². The minimum Gasteiger partial charge on any atom is -0.373 e. The summed E-state index contributed by atoms with van der Waals surface area (Å²) in [6, 6.07) is 0. The monoisotopic (exact) mass is 302 g/mol. The minimum absolute atomic E-state index is 0.189. The first-order chi connectivity index (χ1) is 9.37. The van der Waals surface area contributed by atoms with Gasteiger partial charge in [0.25, 0.3) is 0 Å². The molecule has 1 saturated heterocycles. The molecule has 0 aliphatic carbocycles. The van der Waals surface area contributed by atoms with Crippen molar-refractivity contribution in [2.24, 2.45) is 7.05 Å². The summed E-state index contributed by atoms with van der Waals surface area (Å²) in [6.45, 7) is 6.79. The second kappa shape index (κ2) is 6.21. The summed E-state index contributed by atoms with van der Waals surface area (Å²) in [5, 5.41) is 3.87. The average Bonchev–Trinajstić information content (AvgIpc) is 2.75. The number of aryl methyl sites for hydroxylation is 1. The van der Waals surface area contributed by atoms with Crippen LogP contribution in [0.1, 0.15) is 13.8 Å². The molecule has 0 unspecified atom stereocenters. The summed E-state index contributed by atoms with van der Waals surface area (Å²) in [6.07, 6.45) is 3.21. The number of morpholine rings is 1. The number of rotatable bonds is 5. The largest absolute Gasteiger partial charge is 0.373 e. The Bertz CT molecular complexity index is 533. The van der Waals surface area contributed by atoms with Crippen LogP contribution in [0, 0.1) is 0 Å². The molecule has 114 valence electrons. The van der Waals surface area contributed by atoms with E-state index in [4.69, 9.17) is 4.74 Å². The predicted molar refractivity (Wildman–Crippen MR) is 74.8 cm³/mol. The van der Waals surface area contributed by atoms with Crippen molar-refractivity contribution in [3.05, 3.63) is 12.4 Å². The number of sulfonamides is 1. The molecule has 7 nitrogen and oxygen atoms in total. The zero-order valence-electron chi connectivity index (χ0n) is 12.1. The topological polar surface area (TPSA) is 76.5 Å². The van der Waals surface area contributed by atoms with Crippen LogP contribution in [0.25, 0.3) is 0 Å². The fraction of sp³-hybridized carbons (Fsp3) is 0.750. The number of nitrogens with zero attached hydrogens (tertiary/aromatic N) is 3. The number of hydrogen-bond acceptors (Lipinski definition) is 5. The molecule has 0 spiro atoms. The van der Waals surface area contributed by atoms with E-state index in [2.05, 4.69) is 14.7 Å². The molecule has 2 rings (SSSR count). The number of hydrogen-bond donors (Lipinski definition) is 1. The van der Waals surface area contributed by atoms with Gasteiger partial charge in [0, 0.05) is 39.4 Å². The highest BCUT2D eigenvalue weighted by Crippen LogP contribution is 2.10. The van der Waals surface area contributed by atoms with E-state index in [-0.39, 0.29) is 17.1 Å². The van der Waals surface area contributed by atoms with Crippen molar-refractivity contribution in [3.8, 4) is 0 Å². The van der Waals surface area contributed by atoms with Gasteiger partial charge in [-0.25, -0.2) is 13.1 Å². The van der Waals surface area contributed by atoms with E-state index in [9.17, 15) is 8.42 Å². The maximum atomic E-state index is 12.0. The third-order valence-corrected chi connectivity index (χ3v) is 4.62. The molecule has 1 aliphatic heterocycles. The molecule has 8 heteroatoms. The molecule has 0 aromatic carbocycles. The maximum Gasteiger partial charge on any atom is 0.243 e. The molecule has 1 N–H and O–H groups in total. The molecule has 0 amide bonds. The lowest BCUT2D eigenvalue weighted by Crippen LogP contribution is -2.47. The third kappa shape index (κ3) is 4.02. The fourth-order valence-corrected chi connectivity index (χ4v) is 3.43. The van der Waals surface area contributed by atoms with Gasteiger partial charge in [-0.15, -0.1) is 0 Å². The Kier molecular flexibility index (Phi) is 4.79. The SMILES string of the molecule is C[C@H]1CN(CCNS(=O)(=O)c2cnn(C)c2)C[C@H](C)O1. The van der Waals surface area contributed by atoms with E-state index in [0.29, 0.717) is 13.1 Å². The van der Waals surface area contributed by atoms with E-state index in [1.54, 1.807) is 7.05 Å². The van der Waals surface area contributed by atoms with Crippen molar-refractivity contribution in [2.45, 2.75) is 31.0 Å². The third-order valence-electron chi connectivity index (χ3n) is 3.21. The lowest BCUT2D eigenvalue weighted by molar-refractivity contribution is -0.0671. The summed E-state index contributed by atoms with van der Waals surface area (Å²) in [5.41, 5.74) is 0. The normalized spacial score (nSPS) is 24.9. The van der Waals surface area contributed by atoms with Crippen molar-refractivity contribution in [1.29, 1.82) is 0 Å². The molecule has 2 atom stereocenters. The Balaban J connectivity index is 1.83. The van der Waals surface area contributed by atoms with Gasteiger partial charge in [-0.1, -0.05) is 0 Å². The molecule has 1 aromatic rings. The van der Waals surface area contributed by atoms with E-state index >= 15 is 0 Å². The van der Waals surface area contributed by atoms with Gasteiger partial charge in [0.05, 0.1) is 18.4 Å². The van der Waals surface area contributed by atoms with E-state index in [0.717, 1.165) is 13.1 Å². The van der Waals surface area contributed by atoms with Crippen molar-refractivity contribution in [2.75, 3.05) is 26.2 Å². The standard InChI is InChI=1S/C12H22N4O3S/c1-10-7-16(8-11(2)19-10)5-4-14-20(17,18)12-6-13-15(3)9-12/h6,9-11,14H,4-5,7-8H2,1-3H3/t10-,11-/m0/s1. The molecule has 0 radical (unpaired) electrons. The smallest absolute Gasteiger partial charge is 0.243 e. The van der Waals surface area contributed by atoms with Crippen LogP contribution in [0.4, 0.5) is 0 Å². The van der Waals surface area contributed by atoms with E-state index in [1.165, 1.54) is 17.1 Å². The lowest BCUT2D eigenvalue weighted by atomic mass is 10.2. The van der Waals surface area contributed by atoms with Crippen molar-refractivity contribution in [3.63, 3.8) is 0 Å². The summed E-state index contributed by atoms with van der Waals surface area (Å²) in [5.74, 6) is 0. The van der Waals surface area contributed by atoms with Gasteiger partial charge in [0.2, 0.25) is 10.0 Å². The Labute approximate surface area is 120 Å². The van der Waals surface area contributed by atoms with Gasteiger partial charge in [-0.2, -0.15) is 5.10 Å². The van der Waals surface area contributed by atoms with Gasteiger partial charge < -0.3 is 4.74 Å². The molecule has 1 aromatic heterocycles. The molecular formula is C12H22N4O3S. The molecule has 1 fully saturated rings. The van der Waals surface area contributed by atoms with Crippen LogP contribution in [0.3, 0.4) is 0 Å². The van der Waals surface area contributed by atoms with Crippen LogP contribution < -0.4 is 4.72 Å². The highest BCUT2D eigenvalue weighted by atomic mass is 32.2. The number of ether oxygens (including phenoxy) is 1. The zero-order valence-corrected chi connectivity index (χ0v) is 12.9. The molecule has 0 saturated carbocycles. The van der Waals surface area contributed by atoms with Crippen LogP contribution in [0.15, 0.2) is 17.3 Å². The Hall–Kier alpha value is -0.960. The molecular weight excluding hydrogens is 280 g/mol. The van der Waals surface area contributed by atoms with Gasteiger partial charge in [0.1, 0.15) is 4.90 Å². The van der Waals surface area contributed by atoms with Crippen LogP contribution >= 0.6 is 0 Å². The summed E-state index contributed by atoms with van der Waals surface area (Å²) in [7, 11) is -1.77. The second-order valence-corrected chi connectivity index (χ2v) is 7.03. The average molecular weight is 302 g/mol. The van der Waals surface area contributed by atoms with Gasteiger partial charge in [0.15, 0.2) is 0 Å². The lowest BCUT2D eigenvalue weighted by Gasteiger charge is -2.35. The molecule has 1 aliphatic rings. The van der Waals surface area contributed by atoms with Gasteiger partial charge in [-0.05, 0) is 13.8 Å². The highest BCUT2D eigenvalue weighted by Gasteiger charge is 2.22. The van der Waals surface area contributed by atoms with E-state index < -0.39 is 10.0 Å².